The molecule has 0 heterocycles. The van der Waals surface area contributed by atoms with Crippen LogP contribution in [-0.2, 0) is 0 Å². The molecule has 4 nitrogen and oxygen atoms in total. The Hall–Kier alpha value is -0.0400. The molecule has 4 N–H and O–H groups in total. The standard InChI is InChI=1S/C17H37N3O.HI/c1-4-7-8-9-10-11-13-19-16(18)20-15-17(5-2,6-3)12-14-21;/h21H,4-15H2,1-3H3,(H3,18,19,20);1H. The second-order valence-corrected chi connectivity index (χ2v) is 6.08. The van der Waals surface area contributed by atoms with Crippen molar-refractivity contribution in [3.05, 3.63) is 0 Å². The van der Waals surface area contributed by atoms with Crippen LogP contribution in [0.25, 0.3) is 0 Å². The molecule has 0 aromatic rings. The molecule has 0 aromatic carbocycles. The molecule has 0 aliphatic carbocycles. The summed E-state index contributed by atoms with van der Waals surface area (Å²) in [7, 11) is 0. The summed E-state index contributed by atoms with van der Waals surface area (Å²) in [5, 5.41) is 12.4. The summed E-state index contributed by atoms with van der Waals surface area (Å²) in [6.45, 7) is 8.40. The Morgan fingerprint density at radius 2 is 1.64 bits per heavy atom. The topological polar surface area (TPSA) is 70.6 Å². The minimum atomic E-state index is 0. The van der Waals surface area contributed by atoms with Crippen molar-refractivity contribution in [3.8, 4) is 0 Å². The predicted molar refractivity (Wildman–Crippen MR) is 108 cm³/mol. The average Bonchev–Trinajstić information content (AvgIpc) is 2.50. The SMILES string of the molecule is CCCCCCCCNC(N)=NCC(CC)(CC)CCO.I. The predicted octanol–water partition coefficient (Wildman–Crippen LogP) is 4.06. The molecule has 0 saturated heterocycles. The number of guanidine groups is 1. The summed E-state index contributed by atoms with van der Waals surface area (Å²) < 4.78 is 0. The molecule has 5 heteroatoms. The van der Waals surface area contributed by atoms with Gasteiger partial charge >= 0.3 is 0 Å². The monoisotopic (exact) mass is 427 g/mol. The number of hydrogen-bond donors (Lipinski definition) is 3. The van der Waals surface area contributed by atoms with Crippen LogP contribution in [-0.4, -0.2) is 30.8 Å². The lowest BCUT2D eigenvalue weighted by atomic mass is 9.79. The molecule has 0 bridgehead atoms. The Balaban J connectivity index is 0. The largest absolute Gasteiger partial charge is 0.396 e. The van der Waals surface area contributed by atoms with Crippen LogP contribution in [0.4, 0.5) is 0 Å². The van der Waals surface area contributed by atoms with E-state index < -0.39 is 0 Å². The number of rotatable bonds is 13. The van der Waals surface area contributed by atoms with Crippen molar-refractivity contribution in [1.82, 2.24) is 5.32 Å². The van der Waals surface area contributed by atoms with Crippen molar-refractivity contribution in [3.63, 3.8) is 0 Å². The van der Waals surface area contributed by atoms with Gasteiger partial charge in [0.05, 0.1) is 0 Å². The second kappa shape index (κ2) is 15.8. The molecule has 0 radical (unpaired) electrons. The van der Waals surface area contributed by atoms with Crippen molar-refractivity contribution >= 4 is 29.9 Å². The summed E-state index contributed by atoms with van der Waals surface area (Å²) in [6, 6.07) is 0. The number of nitrogens with zero attached hydrogens (tertiary/aromatic N) is 1. The lowest BCUT2D eigenvalue weighted by Gasteiger charge is -2.29. The van der Waals surface area contributed by atoms with E-state index in [0.717, 1.165) is 32.2 Å². The molecule has 0 aromatic heterocycles. The fourth-order valence-electron chi connectivity index (χ4n) is 2.57. The van der Waals surface area contributed by atoms with E-state index in [-0.39, 0.29) is 36.0 Å². The van der Waals surface area contributed by atoms with Crippen LogP contribution in [0.3, 0.4) is 0 Å². The highest BCUT2D eigenvalue weighted by Crippen LogP contribution is 2.30. The molecule has 22 heavy (non-hydrogen) atoms. The van der Waals surface area contributed by atoms with Gasteiger partial charge in [-0.1, -0.05) is 52.9 Å². The summed E-state index contributed by atoms with van der Waals surface area (Å²) >= 11 is 0. The van der Waals surface area contributed by atoms with Gasteiger partial charge in [0.1, 0.15) is 0 Å². The maximum atomic E-state index is 9.20. The molecule has 0 fully saturated rings. The highest BCUT2D eigenvalue weighted by Gasteiger charge is 2.25. The van der Waals surface area contributed by atoms with Crippen molar-refractivity contribution in [2.75, 3.05) is 19.7 Å². The van der Waals surface area contributed by atoms with Crippen LogP contribution >= 0.6 is 24.0 Å². The highest BCUT2D eigenvalue weighted by molar-refractivity contribution is 14.0. The van der Waals surface area contributed by atoms with E-state index in [2.05, 4.69) is 31.1 Å². The minimum Gasteiger partial charge on any atom is -0.396 e. The average molecular weight is 427 g/mol. The number of nitrogens with one attached hydrogen (secondary N) is 1. The number of aliphatic hydroxyl groups excluding tert-OH is 1. The highest BCUT2D eigenvalue weighted by atomic mass is 127. The van der Waals surface area contributed by atoms with Gasteiger partial charge in [-0.15, -0.1) is 24.0 Å². The number of unbranched alkanes of at least 4 members (excludes halogenated alkanes) is 5. The van der Waals surface area contributed by atoms with Crippen molar-refractivity contribution in [1.29, 1.82) is 0 Å². The van der Waals surface area contributed by atoms with Crippen LogP contribution in [0.15, 0.2) is 4.99 Å². The molecule has 0 unspecified atom stereocenters. The van der Waals surface area contributed by atoms with Crippen molar-refractivity contribution in [2.45, 2.75) is 78.6 Å². The number of halogens is 1. The number of nitrogens with two attached hydrogens (primary N) is 1. The van der Waals surface area contributed by atoms with Gasteiger partial charge in [-0.05, 0) is 31.1 Å². The van der Waals surface area contributed by atoms with Gasteiger partial charge in [0.15, 0.2) is 5.96 Å². The Bertz CT molecular complexity index is 269. The first-order chi connectivity index (χ1) is 10.1. The minimum absolute atomic E-state index is 0. The third-order valence-corrected chi connectivity index (χ3v) is 4.56. The summed E-state index contributed by atoms with van der Waals surface area (Å²) in [4.78, 5) is 4.48. The Labute approximate surface area is 154 Å². The molecule has 0 aliphatic rings. The molecule has 0 atom stereocenters. The van der Waals surface area contributed by atoms with Gasteiger partial charge < -0.3 is 16.2 Å². The van der Waals surface area contributed by atoms with Crippen LogP contribution in [0, 0.1) is 5.41 Å². The Kier molecular flexibility index (Phi) is 17.4. The van der Waals surface area contributed by atoms with Gasteiger partial charge in [0.2, 0.25) is 0 Å². The molecule has 134 valence electrons. The summed E-state index contributed by atoms with van der Waals surface area (Å²) in [6.07, 6.45) is 10.6. The van der Waals surface area contributed by atoms with E-state index in [1.807, 2.05) is 0 Å². The van der Waals surface area contributed by atoms with Gasteiger partial charge in [0, 0.05) is 19.7 Å². The lowest BCUT2D eigenvalue weighted by molar-refractivity contribution is 0.175. The van der Waals surface area contributed by atoms with E-state index in [1.165, 1.54) is 32.1 Å². The van der Waals surface area contributed by atoms with E-state index in [4.69, 9.17) is 5.73 Å². The Morgan fingerprint density at radius 3 is 2.18 bits per heavy atom. The zero-order valence-corrected chi connectivity index (χ0v) is 17.2. The van der Waals surface area contributed by atoms with Crippen LogP contribution in [0.5, 0.6) is 0 Å². The van der Waals surface area contributed by atoms with E-state index in [0.29, 0.717) is 12.5 Å². The molecular formula is C17H38IN3O. The normalized spacial score (nSPS) is 12.1. The zero-order chi connectivity index (χ0) is 16.0. The maximum Gasteiger partial charge on any atom is 0.188 e. The smallest absolute Gasteiger partial charge is 0.188 e. The molecule has 0 amide bonds. The molecular weight excluding hydrogens is 389 g/mol. The third kappa shape index (κ3) is 11.5. The van der Waals surface area contributed by atoms with Crippen molar-refractivity contribution in [2.24, 2.45) is 16.1 Å². The van der Waals surface area contributed by atoms with E-state index in [1.54, 1.807) is 0 Å². The maximum absolute atomic E-state index is 9.20. The lowest BCUT2D eigenvalue weighted by Crippen LogP contribution is -2.34. The molecule has 0 saturated carbocycles. The summed E-state index contributed by atoms with van der Waals surface area (Å²) in [5.41, 5.74) is 6.02. The zero-order valence-electron chi connectivity index (χ0n) is 14.9. The molecule has 0 spiro atoms. The van der Waals surface area contributed by atoms with Crippen molar-refractivity contribution < 1.29 is 5.11 Å². The number of hydrogen-bond acceptors (Lipinski definition) is 2. The quantitative estimate of drug-likeness (QED) is 0.180. The van der Waals surface area contributed by atoms with E-state index in [9.17, 15) is 5.11 Å². The molecule has 0 rings (SSSR count). The van der Waals surface area contributed by atoms with Crippen LogP contribution in [0.2, 0.25) is 0 Å². The molecule has 0 aliphatic heterocycles. The summed E-state index contributed by atoms with van der Waals surface area (Å²) in [5.74, 6) is 0.549. The van der Waals surface area contributed by atoms with Crippen LogP contribution in [0.1, 0.15) is 78.6 Å². The number of aliphatic imine (C=N–C) groups is 1. The fraction of sp³-hybridized carbons (Fsp3) is 0.941. The van der Waals surface area contributed by atoms with Crippen LogP contribution < -0.4 is 11.1 Å². The first-order valence-corrected chi connectivity index (χ1v) is 8.78. The van der Waals surface area contributed by atoms with Gasteiger partial charge in [0.25, 0.3) is 0 Å². The van der Waals surface area contributed by atoms with Gasteiger partial charge in [-0.2, -0.15) is 0 Å². The first kappa shape index (κ1) is 24.2. The Morgan fingerprint density at radius 1 is 1.05 bits per heavy atom. The number of aliphatic hydroxyl groups is 1. The van der Waals surface area contributed by atoms with Gasteiger partial charge in [-0.25, -0.2) is 0 Å². The second-order valence-electron chi connectivity index (χ2n) is 6.08. The van der Waals surface area contributed by atoms with Gasteiger partial charge in [-0.3, -0.25) is 4.99 Å². The first-order valence-electron chi connectivity index (χ1n) is 8.78. The van der Waals surface area contributed by atoms with E-state index >= 15 is 0 Å². The fourth-order valence-corrected chi connectivity index (χ4v) is 2.57. The third-order valence-electron chi connectivity index (χ3n) is 4.56.